The molecule has 0 fully saturated rings. The predicted molar refractivity (Wildman–Crippen MR) is 122 cm³/mol. The van der Waals surface area contributed by atoms with Crippen molar-refractivity contribution in [1.29, 1.82) is 0 Å². The average molecular weight is 547 g/mol. The highest BCUT2D eigenvalue weighted by atomic mass is 127. The zero-order valence-corrected chi connectivity index (χ0v) is 18.9. The van der Waals surface area contributed by atoms with E-state index in [-0.39, 0.29) is 6.42 Å². The molecule has 2 unspecified atom stereocenters. The molecule has 3 nitrogen and oxygen atoms in total. The quantitative estimate of drug-likeness (QED) is 0.272. The Morgan fingerprint density at radius 1 is 1.17 bits per heavy atom. The minimum atomic E-state index is -4.39. The average Bonchev–Trinajstić information content (AvgIpc) is 2.68. The number of amides is 1. The summed E-state index contributed by atoms with van der Waals surface area (Å²) >= 11 is 8.20. The number of alkyl halides is 4. The molecule has 1 N–H and O–H groups in total. The second kappa shape index (κ2) is 9.51. The number of aryl methyl sites for hydroxylation is 1. The van der Waals surface area contributed by atoms with Crippen LogP contribution in [0.1, 0.15) is 29.9 Å². The Hall–Kier alpha value is -1.87. The van der Waals surface area contributed by atoms with E-state index in [0.717, 1.165) is 14.5 Å². The van der Waals surface area contributed by atoms with E-state index in [2.05, 4.69) is 32.9 Å². The van der Waals surface area contributed by atoms with E-state index < -0.39 is 29.8 Å². The van der Waals surface area contributed by atoms with Crippen LogP contribution in [0, 0.1) is 10.5 Å². The molecule has 0 saturated carbocycles. The van der Waals surface area contributed by atoms with Crippen LogP contribution in [0.3, 0.4) is 0 Å². The molecule has 158 valence electrons. The molecule has 1 aromatic heterocycles. The molecule has 1 amide bonds. The third kappa shape index (κ3) is 5.63. The third-order valence-electron chi connectivity index (χ3n) is 4.80. The van der Waals surface area contributed by atoms with E-state index in [1.807, 2.05) is 37.3 Å². The van der Waals surface area contributed by atoms with E-state index in [1.54, 1.807) is 24.4 Å². The van der Waals surface area contributed by atoms with E-state index in [0.29, 0.717) is 16.8 Å². The molecule has 2 aromatic carbocycles. The van der Waals surface area contributed by atoms with Crippen molar-refractivity contribution in [2.75, 3.05) is 5.32 Å². The molecule has 8 heteroatoms. The van der Waals surface area contributed by atoms with Gasteiger partial charge in [0.25, 0.3) is 0 Å². The summed E-state index contributed by atoms with van der Waals surface area (Å²) in [6, 6.07) is 14.5. The number of hydrogen-bond donors (Lipinski definition) is 1. The number of benzene rings is 2. The van der Waals surface area contributed by atoms with Crippen LogP contribution in [0.2, 0.25) is 0 Å². The van der Waals surface area contributed by atoms with Crippen LogP contribution in [0.4, 0.5) is 18.9 Å². The van der Waals surface area contributed by atoms with Crippen molar-refractivity contribution in [3.8, 4) is 0 Å². The van der Waals surface area contributed by atoms with Crippen molar-refractivity contribution in [2.24, 2.45) is 0 Å². The summed E-state index contributed by atoms with van der Waals surface area (Å²) in [7, 11) is 0. The first kappa shape index (κ1) is 22.8. The van der Waals surface area contributed by atoms with Gasteiger partial charge in [-0.15, -0.1) is 11.6 Å². The van der Waals surface area contributed by atoms with Gasteiger partial charge in [-0.2, -0.15) is 13.2 Å². The molecule has 0 spiro atoms. The lowest BCUT2D eigenvalue weighted by atomic mass is 9.89. The minimum absolute atomic E-state index is 0.131. The van der Waals surface area contributed by atoms with Gasteiger partial charge in [0.15, 0.2) is 0 Å². The van der Waals surface area contributed by atoms with Crippen LogP contribution in [-0.4, -0.2) is 22.4 Å². The molecule has 2 atom stereocenters. The third-order valence-corrected chi connectivity index (χ3v) is 6.07. The molecule has 0 aliphatic heterocycles. The first-order valence-electron chi connectivity index (χ1n) is 9.26. The number of nitrogens with one attached hydrogen (secondary N) is 1. The van der Waals surface area contributed by atoms with E-state index in [9.17, 15) is 18.0 Å². The fraction of sp³-hybridized carbons (Fsp3) is 0.273. The van der Waals surface area contributed by atoms with Crippen molar-refractivity contribution in [1.82, 2.24) is 4.98 Å². The van der Waals surface area contributed by atoms with Crippen molar-refractivity contribution in [3.63, 3.8) is 0 Å². The smallest absolute Gasteiger partial charge is 0.324 e. The van der Waals surface area contributed by atoms with Crippen LogP contribution in [0.25, 0.3) is 10.9 Å². The van der Waals surface area contributed by atoms with Crippen LogP contribution < -0.4 is 5.32 Å². The maximum Gasteiger partial charge on any atom is 0.390 e. The highest BCUT2D eigenvalue weighted by Gasteiger charge is 2.34. The van der Waals surface area contributed by atoms with E-state index >= 15 is 0 Å². The fourth-order valence-corrected chi connectivity index (χ4v) is 4.37. The molecule has 1 heterocycles. The number of pyridine rings is 1. The molecule has 3 aromatic rings. The second-order valence-corrected chi connectivity index (χ2v) is 8.82. The SMILES string of the molecule is Cc1ccccc1C(CC(Cl)CC(F)(F)F)C(=O)Nc1ccc(I)c2cccnc12. The molecule has 0 aliphatic carbocycles. The first-order valence-corrected chi connectivity index (χ1v) is 10.8. The Bertz CT molecular complexity index is 1060. The highest BCUT2D eigenvalue weighted by Crippen LogP contribution is 2.34. The first-order chi connectivity index (χ1) is 14.2. The van der Waals surface area contributed by atoms with Gasteiger partial charge in [0.2, 0.25) is 5.91 Å². The zero-order valence-electron chi connectivity index (χ0n) is 16.0. The Kier molecular flexibility index (Phi) is 7.23. The minimum Gasteiger partial charge on any atom is -0.324 e. The number of nitrogens with zero attached hydrogens (tertiary/aromatic N) is 1. The topological polar surface area (TPSA) is 42.0 Å². The fourth-order valence-electron chi connectivity index (χ4n) is 3.40. The molecule has 0 aliphatic rings. The molecule has 0 radical (unpaired) electrons. The summed E-state index contributed by atoms with van der Waals surface area (Å²) in [5.74, 6) is -1.24. The number of anilines is 1. The van der Waals surface area contributed by atoms with Crippen LogP contribution in [-0.2, 0) is 4.79 Å². The lowest BCUT2D eigenvalue weighted by molar-refractivity contribution is -0.135. The Morgan fingerprint density at radius 3 is 2.60 bits per heavy atom. The summed E-state index contributed by atoms with van der Waals surface area (Å²) in [6.45, 7) is 1.82. The van der Waals surface area contributed by atoms with Gasteiger partial charge in [-0.1, -0.05) is 30.3 Å². The van der Waals surface area contributed by atoms with Gasteiger partial charge in [0, 0.05) is 20.5 Å². The van der Waals surface area contributed by atoms with Crippen LogP contribution in [0.5, 0.6) is 0 Å². The van der Waals surface area contributed by atoms with Crippen molar-refractivity contribution in [2.45, 2.75) is 37.2 Å². The summed E-state index contributed by atoms with van der Waals surface area (Å²) in [6.07, 6.45) is -4.05. The van der Waals surface area contributed by atoms with Gasteiger partial charge in [-0.3, -0.25) is 9.78 Å². The number of hydrogen-bond acceptors (Lipinski definition) is 2. The summed E-state index contributed by atoms with van der Waals surface area (Å²) in [5, 5.41) is 2.53. The molecule has 30 heavy (non-hydrogen) atoms. The maximum absolute atomic E-state index is 13.2. The molecule has 0 bridgehead atoms. The number of rotatable bonds is 6. The highest BCUT2D eigenvalue weighted by molar-refractivity contribution is 14.1. The van der Waals surface area contributed by atoms with Crippen molar-refractivity contribution < 1.29 is 18.0 Å². The van der Waals surface area contributed by atoms with E-state index in [4.69, 9.17) is 11.6 Å². The van der Waals surface area contributed by atoms with Gasteiger partial charge in [-0.05, 0) is 65.3 Å². The summed E-state index contributed by atoms with van der Waals surface area (Å²) < 4.78 is 39.4. The molecule has 0 saturated heterocycles. The maximum atomic E-state index is 13.2. The summed E-state index contributed by atoms with van der Waals surface area (Å²) in [5.41, 5.74) is 2.61. The number of fused-ring (bicyclic) bond motifs is 1. The number of carbonyl (C=O) groups excluding carboxylic acids is 1. The number of aromatic nitrogens is 1. The van der Waals surface area contributed by atoms with Gasteiger partial charge in [0.1, 0.15) is 0 Å². The lowest BCUT2D eigenvalue weighted by Crippen LogP contribution is -2.26. The summed E-state index contributed by atoms with van der Waals surface area (Å²) in [4.78, 5) is 17.6. The molecule has 3 rings (SSSR count). The second-order valence-electron chi connectivity index (χ2n) is 7.05. The van der Waals surface area contributed by atoms with E-state index in [1.165, 1.54) is 0 Å². The van der Waals surface area contributed by atoms with Gasteiger partial charge < -0.3 is 5.32 Å². The van der Waals surface area contributed by atoms with Crippen molar-refractivity contribution in [3.05, 3.63) is 69.4 Å². The van der Waals surface area contributed by atoms with Gasteiger partial charge in [0.05, 0.1) is 23.5 Å². The zero-order chi connectivity index (χ0) is 21.9. The van der Waals surface area contributed by atoms with Crippen molar-refractivity contribution >= 4 is 56.7 Å². The normalized spacial score (nSPS) is 13.8. The molecular formula is C22H19ClF3IN2O. The molecular weight excluding hydrogens is 528 g/mol. The van der Waals surface area contributed by atoms with Crippen LogP contribution in [0.15, 0.2) is 54.7 Å². The standard InChI is InChI=1S/C22H19ClF3IN2O/c1-13-5-2-3-6-15(13)17(11-14(23)12-22(24,25)26)21(30)29-19-9-8-18(27)16-7-4-10-28-20(16)19/h2-10,14,17H,11-12H2,1H3,(H,29,30). The lowest BCUT2D eigenvalue weighted by Gasteiger charge is -2.22. The van der Waals surface area contributed by atoms with Gasteiger partial charge >= 0.3 is 6.18 Å². The number of carbonyl (C=O) groups is 1. The Balaban J connectivity index is 1.93. The monoisotopic (exact) mass is 546 g/mol. The largest absolute Gasteiger partial charge is 0.390 e. The Labute approximate surface area is 191 Å². The van der Waals surface area contributed by atoms with Crippen LogP contribution >= 0.6 is 34.2 Å². The Morgan fingerprint density at radius 2 is 1.90 bits per heavy atom. The van der Waals surface area contributed by atoms with Gasteiger partial charge in [-0.25, -0.2) is 0 Å². The predicted octanol–water partition coefficient (Wildman–Crippen LogP) is 6.82. The number of halogens is 5.